The number of nitrogens with one attached hydrogen (secondary N) is 1. The van der Waals surface area contributed by atoms with E-state index in [1.807, 2.05) is 19.9 Å². The maximum absolute atomic E-state index is 10.0. The third-order valence-corrected chi connectivity index (χ3v) is 3.17. The van der Waals surface area contributed by atoms with Crippen molar-refractivity contribution in [3.05, 3.63) is 23.7 Å². The zero-order chi connectivity index (χ0) is 16.7. The van der Waals surface area contributed by atoms with Gasteiger partial charge in [0.1, 0.15) is 5.76 Å². The van der Waals surface area contributed by atoms with Crippen molar-refractivity contribution in [1.29, 1.82) is 0 Å². The van der Waals surface area contributed by atoms with Gasteiger partial charge in [-0.05, 0) is 32.5 Å². The highest BCUT2D eigenvalue weighted by atomic mass is 32.2. The molecule has 6 nitrogen and oxygen atoms in total. The van der Waals surface area contributed by atoms with Crippen LogP contribution in [0, 0.1) is 0 Å². The van der Waals surface area contributed by atoms with Crippen LogP contribution in [0.4, 0.5) is 0 Å². The Balaban J connectivity index is 0. The summed E-state index contributed by atoms with van der Waals surface area (Å²) in [4.78, 5) is 0. The molecule has 0 heterocycles. The fraction of sp³-hybridized carbons (Fsp3) is 0.714. The molecule has 21 heavy (non-hydrogen) atoms. The fourth-order valence-corrected chi connectivity index (χ4v) is 1.89. The van der Waals surface area contributed by atoms with Crippen molar-refractivity contribution in [2.45, 2.75) is 33.1 Å². The quantitative estimate of drug-likeness (QED) is 0.576. The summed E-state index contributed by atoms with van der Waals surface area (Å²) in [5.74, 6) is 1.75. The van der Waals surface area contributed by atoms with E-state index in [1.165, 1.54) is 0 Å². The molecule has 0 saturated heterocycles. The van der Waals surface area contributed by atoms with Gasteiger partial charge >= 0.3 is 0 Å². The van der Waals surface area contributed by atoms with Crippen LogP contribution in [0.2, 0.25) is 0 Å². The van der Waals surface area contributed by atoms with E-state index in [0.29, 0.717) is 13.0 Å². The number of rotatable bonds is 6. The second kappa shape index (κ2) is 13.9. The molecule has 1 aliphatic rings. The van der Waals surface area contributed by atoms with Gasteiger partial charge in [0.25, 0.3) is 10.1 Å². The first kappa shape index (κ1) is 22.2. The summed E-state index contributed by atoms with van der Waals surface area (Å²) >= 11 is 0. The Morgan fingerprint density at radius 2 is 1.90 bits per heavy atom. The van der Waals surface area contributed by atoms with Crippen LogP contribution in [0.3, 0.4) is 0 Å². The second-order valence-corrected chi connectivity index (χ2v) is 5.48. The van der Waals surface area contributed by atoms with Crippen molar-refractivity contribution in [3.63, 3.8) is 0 Å². The van der Waals surface area contributed by atoms with Crippen molar-refractivity contribution in [2.24, 2.45) is 0 Å². The zero-order valence-electron chi connectivity index (χ0n) is 13.7. The smallest absolute Gasteiger partial charge is 0.264 e. The van der Waals surface area contributed by atoms with Gasteiger partial charge in [0.05, 0.1) is 25.7 Å². The second-order valence-electron chi connectivity index (χ2n) is 3.91. The molecule has 0 spiro atoms. The molecule has 0 unspecified atom stereocenters. The molecular weight excluding hydrogens is 294 g/mol. The SMILES string of the molecule is CC.CNCCCS(=O)(=O)O.COC1=CCCC(OC)=C1. The minimum Gasteiger partial charge on any atom is -0.501 e. The molecule has 0 saturated carbocycles. The summed E-state index contributed by atoms with van der Waals surface area (Å²) in [6.07, 6.45) is 6.44. The molecule has 0 fully saturated rings. The number of hydrogen-bond acceptors (Lipinski definition) is 5. The molecule has 0 aromatic heterocycles. The number of hydrogen-bond donors (Lipinski definition) is 2. The predicted molar refractivity (Wildman–Crippen MR) is 85.7 cm³/mol. The van der Waals surface area contributed by atoms with Crippen LogP contribution in [-0.2, 0) is 19.6 Å². The van der Waals surface area contributed by atoms with Crippen molar-refractivity contribution in [1.82, 2.24) is 5.32 Å². The van der Waals surface area contributed by atoms with Crippen molar-refractivity contribution >= 4 is 10.1 Å². The summed E-state index contributed by atoms with van der Waals surface area (Å²) < 4.78 is 38.3. The predicted octanol–water partition coefficient (Wildman–Crippen LogP) is 2.35. The first-order valence-electron chi connectivity index (χ1n) is 7.01. The van der Waals surface area contributed by atoms with Gasteiger partial charge in [-0.25, -0.2) is 0 Å². The number of methoxy groups -OCH3 is 2. The first-order chi connectivity index (χ1) is 9.92. The minimum absolute atomic E-state index is 0.159. The van der Waals surface area contributed by atoms with Crippen LogP contribution >= 0.6 is 0 Å². The van der Waals surface area contributed by atoms with Gasteiger partial charge < -0.3 is 14.8 Å². The molecule has 7 heteroatoms. The lowest BCUT2D eigenvalue weighted by Crippen LogP contribution is -2.13. The van der Waals surface area contributed by atoms with E-state index in [9.17, 15) is 8.42 Å². The Kier molecular flexibility index (Phi) is 14.7. The van der Waals surface area contributed by atoms with E-state index in [1.54, 1.807) is 21.3 Å². The molecule has 1 aliphatic carbocycles. The molecule has 0 aromatic rings. The van der Waals surface area contributed by atoms with Crippen molar-refractivity contribution < 1.29 is 22.4 Å². The number of allylic oxidation sites excluding steroid dienone is 3. The molecule has 0 bridgehead atoms. The van der Waals surface area contributed by atoms with Gasteiger partial charge in [-0.15, -0.1) is 0 Å². The van der Waals surface area contributed by atoms with E-state index in [4.69, 9.17) is 14.0 Å². The third-order valence-electron chi connectivity index (χ3n) is 2.37. The van der Waals surface area contributed by atoms with E-state index in [-0.39, 0.29) is 5.75 Å². The standard InChI is InChI=1S/C8H12O2.C4H11NO3S.C2H6/c1-9-7-4-3-5-8(6-7)10-2;1-5-3-2-4-9(6,7)8;1-2/h4,6H,3,5H2,1-2H3;5H,2-4H2,1H3,(H,6,7,8);1-2H3. The maximum Gasteiger partial charge on any atom is 0.264 e. The van der Waals surface area contributed by atoms with Crippen LogP contribution in [0.1, 0.15) is 33.1 Å². The largest absolute Gasteiger partial charge is 0.501 e. The molecule has 1 rings (SSSR count). The van der Waals surface area contributed by atoms with Gasteiger partial charge in [0.2, 0.25) is 0 Å². The van der Waals surface area contributed by atoms with Gasteiger partial charge in [-0.1, -0.05) is 13.8 Å². The van der Waals surface area contributed by atoms with E-state index in [0.717, 1.165) is 24.4 Å². The fourth-order valence-electron chi connectivity index (χ4n) is 1.38. The highest BCUT2D eigenvalue weighted by molar-refractivity contribution is 7.85. The van der Waals surface area contributed by atoms with Crippen LogP contribution in [0.5, 0.6) is 0 Å². The average Bonchev–Trinajstić information content (AvgIpc) is 2.49. The Labute approximate surface area is 129 Å². The normalized spacial score (nSPS) is 13.6. The average molecular weight is 323 g/mol. The van der Waals surface area contributed by atoms with Crippen molar-refractivity contribution in [2.75, 3.05) is 33.6 Å². The minimum atomic E-state index is -3.74. The monoisotopic (exact) mass is 323 g/mol. The van der Waals surface area contributed by atoms with Crippen LogP contribution in [0.25, 0.3) is 0 Å². The topological polar surface area (TPSA) is 84.9 Å². The van der Waals surface area contributed by atoms with Gasteiger partial charge in [-0.3, -0.25) is 4.55 Å². The molecule has 126 valence electrons. The van der Waals surface area contributed by atoms with Crippen molar-refractivity contribution in [3.8, 4) is 0 Å². The Morgan fingerprint density at radius 1 is 1.29 bits per heavy atom. The van der Waals surface area contributed by atoms with E-state index >= 15 is 0 Å². The Hall–Kier alpha value is -1.05. The van der Waals surface area contributed by atoms with Crippen LogP contribution < -0.4 is 5.32 Å². The van der Waals surface area contributed by atoms with Crippen LogP contribution in [-0.4, -0.2) is 46.5 Å². The summed E-state index contributed by atoms with van der Waals surface area (Å²) in [7, 11) is 1.34. The summed E-state index contributed by atoms with van der Waals surface area (Å²) in [5.41, 5.74) is 0. The molecule has 0 atom stereocenters. The maximum atomic E-state index is 10.0. The van der Waals surface area contributed by atoms with Gasteiger partial charge in [0, 0.05) is 12.5 Å². The highest BCUT2D eigenvalue weighted by Gasteiger charge is 2.04. The molecule has 0 radical (unpaired) electrons. The molecule has 0 aromatic carbocycles. The summed E-state index contributed by atoms with van der Waals surface area (Å²) in [6, 6.07) is 0. The molecule has 2 N–H and O–H groups in total. The zero-order valence-corrected chi connectivity index (χ0v) is 14.5. The summed E-state index contributed by atoms with van der Waals surface area (Å²) in [5, 5.41) is 2.76. The molecule has 0 amide bonds. The highest BCUT2D eigenvalue weighted by Crippen LogP contribution is 2.17. The molecular formula is C14H29NO5S. The van der Waals surface area contributed by atoms with E-state index < -0.39 is 10.1 Å². The van der Waals surface area contributed by atoms with E-state index in [2.05, 4.69) is 11.4 Å². The first-order valence-corrected chi connectivity index (χ1v) is 8.62. The lowest BCUT2D eigenvalue weighted by atomic mass is 10.1. The lowest BCUT2D eigenvalue weighted by molar-refractivity contribution is 0.257. The summed E-state index contributed by atoms with van der Waals surface area (Å²) in [6.45, 7) is 4.61. The Bertz CT molecular complexity index is 402. The van der Waals surface area contributed by atoms with Gasteiger partial charge in [0.15, 0.2) is 0 Å². The Morgan fingerprint density at radius 3 is 2.33 bits per heavy atom. The lowest BCUT2D eigenvalue weighted by Gasteiger charge is -2.10. The van der Waals surface area contributed by atoms with Gasteiger partial charge in [-0.2, -0.15) is 8.42 Å². The third kappa shape index (κ3) is 15.2. The molecule has 0 aliphatic heterocycles. The number of ether oxygens (including phenoxy) is 2. The van der Waals surface area contributed by atoms with Crippen LogP contribution in [0.15, 0.2) is 23.7 Å².